The number of rotatable bonds is 7. The van der Waals surface area contributed by atoms with Crippen molar-refractivity contribution in [2.24, 2.45) is 0 Å². The summed E-state index contributed by atoms with van der Waals surface area (Å²) in [5.74, 6) is 0.330. The molecule has 7 heteroatoms. The minimum atomic E-state index is -0.226. The summed E-state index contributed by atoms with van der Waals surface area (Å²) in [4.78, 5) is 12.1. The van der Waals surface area contributed by atoms with E-state index in [4.69, 9.17) is 5.73 Å². The first kappa shape index (κ1) is 20.0. The average Bonchev–Trinajstić information content (AvgIpc) is 3.07. The summed E-state index contributed by atoms with van der Waals surface area (Å²) in [6, 6.07) is 21.1. The van der Waals surface area contributed by atoms with Crippen molar-refractivity contribution in [1.29, 1.82) is 5.26 Å². The Labute approximate surface area is 170 Å². The van der Waals surface area contributed by atoms with E-state index in [0.717, 1.165) is 11.3 Å². The number of amides is 2. The molecule has 0 aliphatic heterocycles. The molecule has 1 atom stereocenters. The molecule has 1 aromatic heterocycles. The molecular weight excluding hydrogens is 364 g/mol. The van der Waals surface area contributed by atoms with E-state index >= 15 is 0 Å². The Kier molecular flexibility index (Phi) is 6.48. The average molecular weight is 388 g/mol. The first-order valence-corrected chi connectivity index (χ1v) is 9.52. The minimum Gasteiger partial charge on any atom is -0.382 e. The Hall–Kier alpha value is -3.79. The predicted molar refractivity (Wildman–Crippen MR) is 112 cm³/mol. The number of nitriles is 1. The topological polar surface area (TPSA) is 109 Å². The van der Waals surface area contributed by atoms with Gasteiger partial charge in [-0.25, -0.2) is 9.48 Å². The number of para-hydroxylation sites is 1. The number of carbonyl (C=O) groups excluding carboxylic acids is 1. The maximum Gasteiger partial charge on any atom is 0.315 e. The van der Waals surface area contributed by atoms with Crippen molar-refractivity contribution in [3.8, 4) is 11.8 Å². The number of benzene rings is 2. The van der Waals surface area contributed by atoms with E-state index in [2.05, 4.69) is 21.8 Å². The van der Waals surface area contributed by atoms with Crippen LogP contribution in [0.3, 0.4) is 0 Å². The molecule has 0 saturated heterocycles. The minimum absolute atomic E-state index is 0.0808. The van der Waals surface area contributed by atoms with Gasteiger partial charge in [-0.3, -0.25) is 0 Å². The van der Waals surface area contributed by atoms with Crippen LogP contribution in [-0.4, -0.2) is 22.4 Å². The number of nitrogen functional groups attached to an aromatic ring is 1. The molecule has 1 heterocycles. The van der Waals surface area contributed by atoms with Crippen LogP contribution in [0.1, 0.15) is 36.2 Å². The Balaban J connectivity index is 1.53. The monoisotopic (exact) mass is 388 g/mol. The number of hydrogen-bond donors (Lipinski definition) is 3. The molecule has 0 radical (unpaired) electrons. The van der Waals surface area contributed by atoms with E-state index in [0.29, 0.717) is 36.5 Å². The molecule has 3 rings (SSSR count). The number of aromatic nitrogens is 2. The number of urea groups is 1. The van der Waals surface area contributed by atoms with Crippen molar-refractivity contribution >= 4 is 11.8 Å². The van der Waals surface area contributed by atoms with E-state index in [-0.39, 0.29) is 12.1 Å². The van der Waals surface area contributed by atoms with Crippen LogP contribution in [0.4, 0.5) is 10.6 Å². The molecule has 0 spiro atoms. The van der Waals surface area contributed by atoms with Gasteiger partial charge in [-0.15, -0.1) is 0 Å². The second-order valence-electron chi connectivity index (χ2n) is 6.70. The van der Waals surface area contributed by atoms with Crippen molar-refractivity contribution in [2.75, 3.05) is 12.3 Å². The van der Waals surface area contributed by atoms with Gasteiger partial charge in [0.1, 0.15) is 17.5 Å². The Morgan fingerprint density at radius 1 is 1.17 bits per heavy atom. The highest BCUT2D eigenvalue weighted by molar-refractivity contribution is 5.74. The molecule has 7 nitrogen and oxygen atoms in total. The molecule has 0 saturated carbocycles. The van der Waals surface area contributed by atoms with Crippen LogP contribution in [0.15, 0.2) is 60.7 Å². The van der Waals surface area contributed by atoms with Crippen molar-refractivity contribution < 1.29 is 4.79 Å². The predicted octanol–water partition coefficient (Wildman–Crippen LogP) is 3.32. The SMILES string of the molecule is CC(NC(=O)NCCCc1nn(-c2ccccc2)c(N)c1C#N)c1ccccc1. The van der Waals surface area contributed by atoms with Crippen LogP contribution in [0.5, 0.6) is 0 Å². The zero-order valence-corrected chi connectivity index (χ0v) is 16.3. The summed E-state index contributed by atoms with van der Waals surface area (Å²) in [6.07, 6.45) is 1.19. The maximum absolute atomic E-state index is 12.1. The molecule has 2 aromatic carbocycles. The van der Waals surface area contributed by atoms with Gasteiger partial charge in [-0.1, -0.05) is 48.5 Å². The molecule has 148 valence electrons. The van der Waals surface area contributed by atoms with Gasteiger partial charge in [-0.2, -0.15) is 10.4 Å². The van der Waals surface area contributed by atoms with Crippen molar-refractivity contribution in [2.45, 2.75) is 25.8 Å². The molecule has 2 amide bonds. The van der Waals surface area contributed by atoms with E-state index in [1.807, 2.05) is 67.6 Å². The number of carbonyl (C=O) groups is 1. The fourth-order valence-corrected chi connectivity index (χ4v) is 3.07. The lowest BCUT2D eigenvalue weighted by Gasteiger charge is -2.14. The Morgan fingerprint density at radius 2 is 1.83 bits per heavy atom. The lowest BCUT2D eigenvalue weighted by molar-refractivity contribution is 0.238. The summed E-state index contributed by atoms with van der Waals surface area (Å²) in [5, 5.41) is 19.7. The number of nitrogens with one attached hydrogen (secondary N) is 2. The summed E-state index contributed by atoms with van der Waals surface area (Å²) in [5.41, 5.74) is 8.98. The molecule has 4 N–H and O–H groups in total. The van der Waals surface area contributed by atoms with Crippen molar-refractivity contribution in [3.05, 3.63) is 77.5 Å². The molecule has 0 aliphatic carbocycles. The standard InChI is InChI=1S/C22H24N6O/c1-16(17-9-4-2-5-10-17)26-22(29)25-14-8-13-20-19(15-23)21(24)28(27-20)18-11-6-3-7-12-18/h2-7,9-12,16H,8,13-14,24H2,1H3,(H2,25,26,29). The van der Waals surface area contributed by atoms with Crippen LogP contribution in [-0.2, 0) is 6.42 Å². The first-order chi connectivity index (χ1) is 14.1. The van der Waals surface area contributed by atoms with E-state index in [1.54, 1.807) is 4.68 Å². The zero-order valence-electron chi connectivity index (χ0n) is 16.3. The summed E-state index contributed by atoms with van der Waals surface area (Å²) in [6.45, 7) is 2.41. The molecule has 29 heavy (non-hydrogen) atoms. The molecular formula is C22H24N6O. The van der Waals surface area contributed by atoms with Gasteiger partial charge in [0.2, 0.25) is 0 Å². The number of nitrogens with zero attached hydrogens (tertiary/aromatic N) is 3. The highest BCUT2D eigenvalue weighted by Crippen LogP contribution is 2.21. The third-order valence-corrected chi connectivity index (χ3v) is 4.63. The van der Waals surface area contributed by atoms with Crippen LogP contribution >= 0.6 is 0 Å². The molecule has 0 bridgehead atoms. The van der Waals surface area contributed by atoms with Gasteiger partial charge in [0.05, 0.1) is 17.4 Å². The summed E-state index contributed by atoms with van der Waals surface area (Å²) < 4.78 is 1.58. The van der Waals surface area contributed by atoms with Gasteiger partial charge in [-0.05, 0) is 37.5 Å². The van der Waals surface area contributed by atoms with Crippen LogP contribution in [0.25, 0.3) is 5.69 Å². The largest absolute Gasteiger partial charge is 0.382 e. The second-order valence-corrected chi connectivity index (χ2v) is 6.70. The lowest BCUT2D eigenvalue weighted by atomic mass is 10.1. The molecule has 1 unspecified atom stereocenters. The smallest absolute Gasteiger partial charge is 0.315 e. The van der Waals surface area contributed by atoms with Crippen molar-refractivity contribution in [1.82, 2.24) is 20.4 Å². The third kappa shape index (κ3) is 4.93. The van der Waals surface area contributed by atoms with Gasteiger partial charge in [0.25, 0.3) is 0 Å². The van der Waals surface area contributed by atoms with Gasteiger partial charge in [0.15, 0.2) is 0 Å². The fraction of sp³-hybridized carbons (Fsp3) is 0.227. The second kappa shape index (κ2) is 9.42. The third-order valence-electron chi connectivity index (χ3n) is 4.63. The molecule has 3 aromatic rings. The van der Waals surface area contributed by atoms with E-state index < -0.39 is 0 Å². The zero-order chi connectivity index (χ0) is 20.6. The molecule has 0 aliphatic rings. The van der Waals surface area contributed by atoms with Gasteiger partial charge >= 0.3 is 6.03 Å². The van der Waals surface area contributed by atoms with E-state index in [1.165, 1.54) is 0 Å². The number of hydrogen-bond acceptors (Lipinski definition) is 4. The quantitative estimate of drug-likeness (QED) is 0.539. The van der Waals surface area contributed by atoms with Crippen LogP contribution in [0.2, 0.25) is 0 Å². The van der Waals surface area contributed by atoms with Crippen LogP contribution in [0, 0.1) is 11.3 Å². The molecule has 0 fully saturated rings. The highest BCUT2D eigenvalue weighted by Gasteiger charge is 2.16. The van der Waals surface area contributed by atoms with E-state index in [9.17, 15) is 10.1 Å². The summed E-state index contributed by atoms with van der Waals surface area (Å²) >= 11 is 0. The van der Waals surface area contributed by atoms with Gasteiger partial charge < -0.3 is 16.4 Å². The number of aryl methyl sites for hydroxylation is 1. The fourth-order valence-electron chi connectivity index (χ4n) is 3.07. The first-order valence-electron chi connectivity index (χ1n) is 9.52. The number of nitrogens with two attached hydrogens (primary N) is 1. The normalized spacial score (nSPS) is 11.4. The maximum atomic E-state index is 12.1. The van der Waals surface area contributed by atoms with Crippen molar-refractivity contribution in [3.63, 3.8) is 0 Å². The Morgan fingerprint density at radius 3 is 2.48 bits per heavy atom. The Bertz CT molecular complexity index is 991. The highest BCUT2D eigenvalue weighted by atomic mass is 16.2. The number of anilines is 1. The van der Waals surface area contributed by atoms with Crippen LogP contribution < -0.4 is 16.4 Å². The lowest BCUT2D eigenvalue weighted by Crippen LogP contribution is -2.37. The van der Waals surface area contributed by atoms with Gasteiger partial charge in [0, 0.05) is 6.54 Å². The summed E-state index contributed by atoms with van der Waals surface area (Å²) in [7, 11) is 0.